The molecule has 0 spiro atoms. The molecule has 112 valence electrons. The van der Waals surface area contributed by atoms with Gasteiger partial charge in [0, 0.05) is 12.6 Å². The van der Waals surface area contributed by atoms with Gasteiger partial charge in [-0.1, -0.05) is 13.3 Å². The Balaban J connectivity index is 2.21. The maximum absolute atomic E-state index is 13.6. The van der Waals surface area contributed by atoms with E-state index in [4.69, 9.17) is 0 Å². The van der Waals surface area contributed by atoms with Gasteiger partial charge >= 0.3 is 0 Å². The Labute approximate surface area is 119 Å². The van der Waals surface area contributed by atoms with Crippen LogP contribution < -0.4 is 10.2 Å². The SMILES string of the molecule is CCCCNC(=O)CN1C(=O)C(=O)c2c(F)cc(F)cc21. The number of ketones is 1. The van der Waals surface area contributed by atoms with Crippen molar-refractivity contribution < 1.29 is 23.2 Å². The van der Waals surface area contributed by atoms with E-state index in [-0.39, 0.29) is 5.69 Å². The quantitative estimate of drug-likeness (QED) is 0.660. The lowest BCUT2D eigenvalue weighted by atomic mass is 10.1. The summed E-state index contributed by atoms with van der Waals surface area (Å²) < 4.78 is 26.8. The second-order valence-corrected chi connectivity index (χ2v) is 4.71. The van der Waals surface area contributed by atoms with Crippen molar-refractivity contribution in [1.82, 2.24) is 5.32 Å². The molecule has 21 heavy (non-hydrogen) atoms. The van der Waals surface area contributed by atoms with Gasteiger partial charge in [0.15, 0.2) is 0 Å². The third-order valence-corrected chi connectivity index (χ3v) is 3.15. The molecule has 0 radical (unpaired) electrons. The number of benzene rings is 1. The highest BCUT2D eigenvalue weighted by molar-refractivity contribution is 6.52. The van der Waals surface area contributed by atoms with Crippen molar-refractivity contribution in [2.75, 3.05) is 18.0 Å². The number of anilines is 1. The van der Waals surface area contributed by atoms with Crippen molar-refractivity contribution in [1.29, 1.82) is 0 Å². The van der Waals surface area contributed by atoms with Crippen LogP contribution in [0.3, 0.4) is 0 Å². The number of Topliss-reactive ketones (excluding diaryl/α,β-unsaturated/α-hetero) is 1. The van der Waals surface area contributed by atoms with Crippen LogP contribution >= 0.6 is 0 Å². The predicted molar refractivity (Wildman–Crippen MR) is 71.0 cm³/mol. The summed E-state index contributed by atoms with van der Waals surface area (Å²) in [6.07, 6.45) is 1.67. The fraction of sp³-hybridized carbons (Fsp3) is 0.357. The first-order valence-corrected chi connectivity index (χ1v) is 6.57. The lowest BCUT2D eigenvalue weighted by Gasteiger charge is -2.16. The highest BCUT2D eigenvalue weighted by Gasteiger charge is 2.39. The Bertz CT molecular complexity index is 616. The summed E-state index contributed by atoms with van der Waals surface area (Å²) in [5.41, 5.74) is -0.684. The molecule has 0 saturated heterocycles. The Morgan fingerprint density at radius 1 is 1.29 bits per heavy atom. The number of nitrogens with one attached hydrogen (secondary N) is 1. The largest absolute Gasteiger partial charge is 0.355 e. The van der Waals surface area contributed by atoms with Gasteiger partial charge in [0.2, 0.25) is 5.91 Å². The molecule has 0 saturated carbocycles. The van der Waals surface area contributed by atoms with Crippen molar-refractivity contribution in [3.8, 4) is 0 Å². The third-order valence-electron chi connectivity index (χ3n) is 3.15. The average molecular weight is 296 g/mol. The van der Waals surface area contributed by atoms with Crippen LogP contribution in [0.25, 0.3) is 0 Å². The Hall–Kier alpha value is -2.31. The minimum atomic E-state index is -1.10. The fourth-order valence-corrected chi connectivity index (χ4v) is 2.10. The minimum absolute atomic E-state index is 0.201. The zero-order valence-corrected chi connectivity index (χ0v) is 11.4. The smallest absolute Gasteiger partial charge is 0.300 e. The number of fused-ring (bicyclic) bond motifs is 1. The number of halogens is 2. The molecule has 1 N–H and O–H groups in total. The van der Waals surface area contributed by atoms with Crippen molar-refractivity contribution >= 4 is 23.3 Å². The van der Waals surface area contributed by atoms with E-state index in [0.29, 0.717) is 12.6 Å². The molecule has 0 aromatic heterocycles. The van der Waals surface area contributed by atoms with Crippen LogP contribution in [-0.4, -0.2) is 30.7 Å². The molecule has 0 bridgehead atoms. The van der Waals surface area contributed by atoms with Gasteiger partial charge in [-0.05, 0) is 12.5 Å². The number of rotatable bonds is 5. The maximum atomic E-state index is 13.6. The van der Waals surface area contributed by atoms with Gasteiger partial charge in [0.25, 0.3) is 11.7 Å². The second-order valence-electron chi connectivity index (χ2n) is 4.71. The van der Waals surface area contributed by atoms with Crippen molar-refractivity contribution in [2.45, 2.75) is 19.8 Å². The molecule has 5 nitrogen and oxygen atoms in total. The van der Waals surface area contributed by atoms with E-state index in [1.807, 2.05) is 6.92 Å². The van der Waals surface area contributed by atoms with Gasteiger partial charge in [0.05, 0.1) is 11.3 Å². The summed E-state index contributed by atoms with van der Waals surface area (Å²) >= 11 is 0. The highest BCUT2D eigenvalue weighted by atomic mass is 19.1. The molecule has 1 aliphatic heterocycles. The first kappa shape index (κ1) is 15.1. The normalized spacial score (nSPS) is 13.6. The molecule has 1 heterocycles. The van der Waals surface area contributed by atoms with E-state index >= 15 is 0 Å². The monoisotopic (exact) mass is 296 g/mol. The van der Waals surface area contributed by atoms with Crippen LogP contribution in [0.1, 0.15) is 30.1 Å². The molecule has 0 aliphatic carbocycles. The number of nitrogens with zero attached hydrogens (tertiary/aromatic N) is 1. The lowest BCUT2D eigenvalue weighted by Crippen LogP contribution is -2.40. The first-order chi connectivity index (χ1) is 9.95. The van der Waals surface area contributed by atoms with Crippen LogP contribution in [0.5, 0.6) is 0 Å². The summed E-state index contributed by atoms with van der Waals surface area (Å²) in [7, 11) is 0. The van der Waals surface area contributed by atoms with E-state index in [2.05, 4.69) is 5.32 Å². The summed E-state index contributed by atoms with van der Waals surface area (Å²) in [5, 5.41) is 2.57. The van der Waals surface area contributed by atoms with Gasteiger partial charge in [-0.3, -0.25) is 19.3 Å². The van der Waals surface area contributed by atoms with Crippen LogP contribution in [0.4, 0.5) is 14.5 Å². The van der Waals surface area contributed by atoms with Crippen molar-refractivity contribution in [3.63, 3.8) is 0 Å². The highest BCUT2D eigenvalue weighted by Crippen LogP contribution is 2.31. The van der Waals surface area contributed by atoms with Crippen LogP contribution in [-0.2, 0) is 9.59 Å². The third kappa shape index (κ3) is 2.91. The average Bonchev–Trinajstić information content (AvgIpc) is 2.64. The molecule has 2 rings (SSSR count). The van der Waals surface area contributed by atoms with E-state index in [9.17, 15) is 23.2 Å². The van der Waals surface area contributed by atoms with Crippen molar-refractivity contribution in [2.24, 2.45) is 0 Å². The van der Waals surface area contributed by atoms with Gasteiger partial charge in [-0.25, -0.2) is 8.78 Å². The van der Waals surface area contributed by atoms with Gasteiger partial charge in [-0.2, -0.15) is 0 Å². The van der Waals surface area contributed by atoms with E-state index < -0.39 is 41.3 Å². The zero-order valence-electron chi connectivity index (χ0n) is 11.4. The number of carbonyl (C=O) groups excluding carboxylic acids is 3. The first-order valence-electron chi connectivity index (χ1n) is 6.57. The number of hydrogen-bond acceptors (Lipinski definition) is 3. The lowest BCUT2D eigenvalue weighted by molar-refractivity contribution is -0.122. The molecule has 2 amide bonds. The van der Waals surface area contributed by atoms with Gasteiger partial charge < -0.3 is 5.32 Å². The van der Waals surface area contributed by atoms with Crippen LogP contribution in [0.2, 0.25) is 0 Å². The molecule has 7 heteroatoms. The Morgan fingerprint density at radius 2 is 2.00 bits per heavy atom. The fourth-order valence-electron chi connectivity index (χ4n) is 2.10. The number of amides is 2. The predicted octanol–water partition coefficient (Wildman–Crippen LogP) is 1.41. The molecule has 0 unspecified atom stereocenters. The molecular weight excluding hydrogens is 282 g/mol. The topological polar surface area (TPSA) is 66.5 Å². The summed E-state index contributed by atoms with van der Waals surface area (Å²) in [5.74, 6) is -4.59. The molecule has 1 aromatic carbocycles. The summed E-state index contributed by atoms with van der Waals surface area (Å²) in [6.45, 7) is 1.95. The van der Waals surface area contributed by atoms with E-state index in [0.717, 1.165) is 23.8 Å². The summed E-state index contributed by atoms with van der Waals surface area (Å²) in [6, 6.07) is 1.41. The van der Waals surface area contributed by atoms with Gasteiger partial charge in [0.1, 0.15) is 18.2 Å². The number of unbranched alkanes of at least 4 members (excludes halogenated alkanes) is 1. The minimum Gasteiger partial charge on any atom is -0.355 e. The maximum Gasteiger partial charge on any atom is 0.300 e. The van der Waals surface area contributed by atoms with E-state index in [1.165, 1.54) is 0 Å². The van der Waals surface area contributed by atoms with E-state index in [1.54, 1.807) is 0 Å². The molecule has 1 aliphatic rings. The molecule has 1 aromatic rings. The molecule has 0 atom stereocenters. The standard InChI is InChI=1S/C14H14F2N2O3/c1-2-3-4-17-11(19)7-18-10-6-8(15)5-9(16)12(10)13(20)14(18)21/h5-6H,2-4,7H2,1H3,(H,17,19). The Morgan fingerprint density at radius 3 is 2.67 bits per heavy atom. The van der Waals surface area contributed by atoms with Crippen LogP contribution in [0.15, 0.2) is 12.1 Å². The molecule has 0 fully saturated rings. The summed E-state index contributed by atoms with van der Waals surface area (Å²) in [4.78, 5) is 36.0. The second kappa shape index (κ2) is 5.99. The zero-order chi connectivity index (χ0) is 15.6. The Kier molecular flexibility index (Phi) is 4.30. The van der Waals surface area contributed by atoms with Gasteiger partial charge in [-0.15, -0.1) is 0 Å². The van der Waals surface area contributed by atoms with Crippen molar-refractivity contribution in [3.05, 3.63) is 29.3 Å². The number of carbonyl (C=O) groups is 3. The molecular formula is C14H14F2N2O3. The van der Waals surface area contributed by atoms with Crippen LogP contribution in [0, 0.1) is 11.6 Å². The number of hydrogen-bond donors (Lipinski definition) is 1.